The maximum Gasteiger partial charge on any atom is 0.410 e. The highest BCUT2D eigenvalue weighted by molar-refractivity contribution is 5.69. The summed E-state index contributed by atoms with van der Waals surface area (Å²) in [5, 5.41) is 11.0. The zero-order valence-electron chi connectivity index (χ0n) is 16.5. The van der Waals surface area contributed by atoms with Crippen LogP contribution in [-0.4, -0.2) is 73.4 Å². The Morgan fingerprint density at radius 3 is 2.50 bits per heavy atom. The van der Waals surface area contributed by atoms with Gasteiger partial charge in [-0.3, -0.25) is 4.90 Å². The maximum atomic E-state index is 12.7. The van der Waals surface area contributed by atoms with Crippen molar-refractivity contribution in [3.8, 4) is 0 Å². The van der Waals surface area contributed by atoms with E-state index in [9.17, 15) is 9.90 Å². The molecule has 156 valence electrons. The van der Waals surface area contributed by atoms with Crippen LogP contribution < -0.4 is 0 Å². The van der Waals surface area contributed by atoms with Crippen molar-refractivity contribution in [2.75, 3.05) is 39.6 Å². The Hall–Kier alpha value is -1.67. The Bertz CT molecular complexity index is 596. The first-order valence-corrected chi connectivity index (χ1v) is 10.1. The number of carbonyl (C=O) groups excluding carboxylic acids is 1. The van der Waals surface area contributed by atoms with Gasteiger partial charge in [0.2, 0.25) is 0 Å². The highest BCUT2D eigenvalue weighted by Crippen LogP contribution is 2.37. The molecule has 0 spiro atoms. The topological polar surface area (TPSA) is 77.5 Å². The normalized spacial score (nSPS) is 26.9. The summed E-state index contributed by atoms with van der Waals surface area (Å²) in [4.78, 5) is 14.4. The molecular weight excluding hydrogens is 362 g/mol. The highest BCUT2D eigenvalue weighted by Gasteiger charge is 2.48. The third-order valence-electron chi connectivity index (χ3n) is 5.34. The summed E-state index contributed by atoms with van der Waals surface area (Å²) < 4.78 is 22.0. The van der Waals surface area contributed by atoms with Crippen LogP contribution in [0.5, 0.6) is 0 Å². The average Bonchev–Trinajstić information content (AvgIpc) is 2.69. The number of hydrogen-bond donors (Lipinski definition) is 1. The number of aliphatic hydroxyl groups is 1. The average molecular weight is 393 g/mol. The van der Waals surface area contributed by atoms with Crippen LogP contribution in [0.2, 0.25) is 0 Å². The molecule has 2 unspecified atom stereocenters. The molecular formula is C21H31NO6. The number of nitrogens with zero attached hydrogens (tertiary/aromatic N) is 1. The molecule has 0 saturated carbocycles. The van der Waals surface area contributed by atoms with Crippen LogP contribution in [-0.2, 0) is 25.6 Å². The van der Waals surface area contributed by atoms with Crippen molar-refractivity contribution >= 4 is 6.09 Å². The first-order valence-electron chi connectivity index (χ1n) is 10.1. The van der Waals surface area contributed by atoms with Gasteiger partial charge in [0.1, 0.15) is 6.61 Å². The Balaban J connectivity index is 1.50. The smallest absolute Gasteiger partial charge is 0.410 e. The minimum absolute atomic E-state index is 0.177. The summed E-state index contributed by atoms with van der Waals surface area (Å²) in [7, 11) is 0. The Morgan fingerprint density at radius 1 is 1.14 bits per heavy atom. The van der Waals surface area contributed by atoms with E-state index in [1.807, 2.05) is 37.3 Å². The lowest BCUT2D eigenvalue weighted by molar-refractivity contribution is -0.140. The molecule has 1 N–H and O–H groups in total. The summed E-state index contributed by atoms with van der Waals surface area (Å²) in [5.74, 6) is 0. The monoisotopic (exact) mass is 393 g/mol. The van der Waals surface area contributed by atoms with Crippen LogP contribution in [0.3, 0.4) is 0 Å². The van der Waals surface area contributed by atoms with Gasteiger partial charge < -0.3 is 24.1 Å². The number of benzene rings is 1. The first kappa shape index (κ1) is 21.0. The highest BCUT2D eigenvalue weighted by atomic mass is 16.6. The Labute approximate surface area is 166 Å². The van der Waals surface area contributed by atoms with E-state index in [-0.39, 0.29) is 24.8 Å². The maximum absolute atomic E-state index is 12.7. The fourth-order valence-electron chi connectivity index (χ4n) is 4.00. The van der Waals surface area contributed by atoms with Gasteiger partial charge in [-0.25, -0.2) is 4.79 Å². The first-order chi connectivity index (χ1) is 13.6. The molecule has 0 aromatic heterocycles. The van der Waals surface area contributed by atoms with Crippen molar-refractivity contribution in [3.05, 3.63) is 35.9 Å². The SMILES string of the molecule is CCOCCOCCC1(O)CC2COCC(C1)N2C(=O)OCc1ccccc1. The fourth-order valence-corrected chi connectivity index (χ4v) is 4.00. The van der Waals surface area contributed by atoms with Crippen molar-refractivity contribution in [2.45, 2.75) is 50.5 Å². The molecule has 7 heteroatoms. The molecule has 0 radical (unpaired) electrons. The molecule has 1 aromatic carbocycles. The number of amides is 1. The minimum Gasteiger partial charge on any atom is -0.445 e. The van der Waals surface area contributed by atoms with Gasteiger partial charge in [-0.1, -0.05) is 30.3 Å². The summed E-state index contributed by atoms with van der Waals surface area (Å²) >= 11 is 0. The molecule has 28 heavy (non-hydrogen) atoms. The van der Waals surface area contributed by atoms with Crippen LogP contribution >= 0.6 is 0 Å². The lowest BCUT2D eigenvalue weighted by Crippen LogP contribution is -2.63. The van der Waals surface area contributed by atoms with Gasteiger partial charge >= 0.3 is 6.09 Å². The molecule has 2 atom stereocenters. The number of morpholine rings is 1. The second-order valence-electron chi connectivity index (χ2n) is 7.48. The van der Waals surface area contributed by atoms with Gasteiger partial charge in [0.25, 0.3) is 0 Å². The molecule has 1 amide bonds. The quantitative estimate of drug-likeness (QED) is 0.649. The zero-order chi connectivity index (χ0) is 19.8. The third kappa shape index (κ3) is 5.67. The van der Waals surface area contributed by atoms with Gasteiger partial charge in [-0.2, -0.15) is 0 Å². The van der Waals surface area contributed by atoms with E-state index in [1.54, 1.807) is 4.90 Å². The lowest BCUT2D eigenvalue weighted by Gasteiger charge is -2.50. The van der Waals surface area contributed by atoms with Crippen LogP contribution in [0.25, 0.3) is 0 Å². The molecule has 7 nitrogen and oxygen atoms in total. The van der Waals surface area contributed by atoms with Gasteiger partial charge in [-0.15, -0.1) is 0 Å². The Morgan fingerprint density at radius 2 is 1.82 bits per heavy atom. The molecule has 2 heterocycles. The van der Waals surface area contributed by atoms with Crippen molar-refractivity contribution in [1.82, 2.24) is 4.90 Å². The zero-order valence-corrected chi connectivity index (χ0v) is 16.5. The van der Waals surface area contributed by atoms with E-state index in [0.717, 1.165) is 5.56 Å². The second-order valence-corrected chi connectivity index (χ2v) is 7.48. The predicted molar refractivity (Wildman–Crippen MR) is 103 cm³/mol. The molecule has 3 rings (SSSR count). The molecule has 1 aromatic rings. The van der Waals surface area contributed by atoms with Gasteiger partial charge in [-0.05, 0) is 31.7 Å². The van der Waals surface area contributed by atoms with E-state index >= 15 is 0 Å². The van der Waals surface area contributed by atoms with Crippen molar-refractivity contribution in [1.29, 1.82) is 0 Å². The van der Waals surface area contributed by atoms with Crippen LogP contribution in [0.4, 0.5) is 4.79 Å². The van der Waals surface area contributed by atoms with Gasteiger partial charge in [0.15, 0.2) is 0 Å². The molecule has 2 aliphatic heterocycles. The summed E-state index contributed by atoms with van der Waals surface area (Å²) in [6.45, 7) is 5.27. The summed E-state index contributed by atoms with van der Waals surface area (Å²) in [5.41, 5.74) is 0.107. The number of hydrogen-bond acceptors (Lipinski definition) is 6. The van der Waals surface area contributed by atoms with E-state index in [0.29, 0.717) is 58.9 Å². The van der Waals surface area contributed by atoms with E-state index in [2.05, 4.69) is 0 Å². The molecule has 2 saturated heterocycles. The Kier molecular flexibility index (Phi) is 7.67. The lowest BCUT2D eigenvalue weighted by atomic mass is 9.79. The minimum atomic E-state index is -0.846. The van der Waals surface area contributed by atoms with Crippen molar-refractivity contribution in [3.63, 3.8) is 0 Å². The number of carbonyl (C=O) groups is 1. The van der Waals surface area contributed by atoms with E-state index in [4.69, 9.17) is 18.9 Å². The van der Waals surface area contributed by atoms with Crippen LogP contribution in [0.1, 0.15) is 31.7 Å². The van der Waals surface area contributed by atoms with Crippen molar-refractivity contribution < 1.29 is 28.8 Å². The summed E-state index contributed by atoms with van der Waals surface area (Å²) in [6.07, 6.45) is 1.15. The second kappa shape index (κ2) is 10.2. The number of rotatable bonds is 9. The predicted octanol–water partition coefficient (Wildman–Crippen LogP) is 2.36. The fraction of sp³-hybridized carbons (Fsp3) is 0.667. The molecule has 0 aliphatic carbocycles. The third-order valence-corrected chi connectivity index (χ3v) is 5.34. The van der Waals surface area contributed by atoms with Crippen LogP contribution in [0, 0.1) is 0 Å². The number of piperidine rings is 1. The molecule has 2 aliphatic rings. The molecule has 2 fully saturated rings. The van der Waals surface area contributed by atoms with E-state index < -0.39 is 5.60 Å². The molecule has 2 bridgehead atoms. The van der Waals surface area contributed by atoms with Crippen LogP contribution in [0.15, 0.2) is 30.3 Å². The van der Waals surface area contributed by atoms with Gasteiger partial charge in [0.05, 0.1) is 44.1 Å². The van der Waals surface area contributed by atoms with Crippen molar-refractivity contribution in [2.24, 2.45) is 0 Å². The van der Waals surface area contributed by atoms with Gasteiger partial charge in [0, 0.05) is 13.2 Å². The number of ether oxygens (including phenoxy) is 4. The summed E-state index contributed by atoms with van der Waals surface area (Å²) in [6, 6.07) is 9.27. The standard InChI is InChI=1S/C21H31NO6/c1-2-25-10-11-26-9-8-21(24)12-18-15-27-16-19(13-21)22(18)20(23)28-14-17-6-4-3-5-7-17/h3-7,18-19,24H,2,8-16H2,1H3. The number of fused-ring (bicyclic) bond motifs is 2. The largest absolute Gasteiger partial charge is 0.445 e. The van der Waals surface area contributed by atoms with E-state index in [1.165, 1.54) is 0 Å².